The molecule has 3 N–H and O–H groups in total. The third-order valence-electron chi connectivity index (χ3n) is 2.16. The van der Waals surface area contributed by atoms with Gasteiger partial charge < -0.3 is 10.9 Å². The maximum atomic E-state index is 11.1. The molecule has 0 spiro atoms. The lowest BCUT2D eigenvalue weighted by molar-refractivity contribution is 0.0998. The summed E-state index contributed by atoms with van der Waals surface area (Å²) in [5.41, 5.74) is 6.99. The molecule has 1 aromatic heterocycles. The lowest BCUT2D eigenvalue weighted by Gasteiger charge is -1.99. The molecule has 0 aliphatic rings. The number of nitrogens with two attached hydrogens (primary N) is 1. The van der Waals surface area contributed by atoms with E-state index in [4.69, 9.17) is 5.73 Å². The van der Waals surface area contributed by atoms with Crippen LogP contribution in [0, 0.1) is 0 Å². The summed E-state index contributed by atoms with van der Waals surface area (Å²) in [6.45, 7) is 0. The molecular formula is C11H10N2O2. The predicted molar refractivity (Wildman–Crippen MR) is 55.6 cm³/mol. The summed E-state index contributed by atoms with van der Waals surface area (Å²) in [7, 11) is 0. The number of carbonyl (C=O) groups is 1. The number of hydrogen-bond donors (Lipinski definition) is 2. The number of amides is 1. The van der Waals surface area contributed by atoms with Crippen molar-refractivity contribution in [2.75, 3.05) is 0 Å². The Balaban J connectivity index is 2.58. The number of hydrogen-bond acceptors (Lipinski definition) is 2. The van der Waals surface area contributed by atoms with E-state index in [1.54, 1.807) is 0 Å². The van der Waals surface area contributed by atoms with Crippen molar-refractivity contribution in [3.63, 3.8) is 0 Å². The fourth-order valence-corrected chi connectivity index (χ4v) is 1.48. The first-order valence-corrected chi connectivity index (χ1v) is 4.45. The van der Waals surface area contributed by atoms with Crippen molar-refractivity contribution < 1.29 is 10.0 Å². The number of carbonyl (C=O) groups excluding carboxylic acids is 1. The first kappa shape index (κ1) is 9.33. The molecule has 2 aromatic rings. The van der Waals surface area contributed by atoms with Gasteiger partial charge in [-0.3, -0.25) is 4.79 Å². The van der Waals surface area contributed by atoms with Gasteiger partial charge in [0.05, 0.1) is 18.0 Å². The Labute approximate surface area is 86.5 Å². The van der Waals surface area contributed by atoms with Gasteiger partial charge in [-0.15, -0.1) is 0 Å². The van der Waals surface area contributed by atoms with Crippen molar-refractivity contribution in [3.05, 3.63) is 48.3 Å². The molecule has 2 rings (SSSR count). The zero-order chi connectivity index (χ0) is 10.8. The van der Waals surface area contributed by atoms with Crippen LogP contribution in [0.4, 0.5) is 0 Å². The second-order valence-electron chi connectivity index (χ2n) is 3.20. The zero-order valence-corrected chi connectivity index (χ0v) is 7.92. The van der Waals surface area contributed by atoms with E-state index in [9.17, 15) is 10.0 Å². The third-order valence-corrected chi connectivity index (χ3v) is 2.16. The monoisotopic (exact) mass is 202 g/mol. The van der Waals surface area contributed by atoms with Gasteiger partial charge in [0.15, 0.2) is 0 Å². The fourth-order valence-electron chi connectivity index (χ4n) is 1.48. The Bertz CT molecular complexity index is 489. The van der Waals surface area contributed by atoms with Gasteiger partial charge in [0.25, 0.3) is 5.91 Å². The first-order valence-electron chi connectivity index (χ1n) is 4.45. The van der Waals surface area contributed by atoms with Gasteiger partial charge in [0.1, 0.15) is 0 Å². The molecule has 0 unspecified atom stereocenters. The summed E-state index contributed by atoms with van der Waals surface area (Å²) in [5.74, 6) is -0.554. The summed E-state index contributed by atoms with van der Waals surface area (Å²) in [5, 5.41) is 9.25. The molecule has 0 saturated carbocycles. The number of primary amides is 1. The molecule has 76 valence electrons. The fraction of sp³-hybridized carbons (Fsp3) is 0. The molecule has 0 bridgehead atoms. The lowest BCUT2D eigenvalue weighted by Crippen LogP contribution is -2.10. The van der Waals surface area contributed by atoms with Gasteiger partial charge in [-0.25, -0.2) is 4.73 Å². The van der Waals surface area contributed by atoms with Crippen LogP contribution in [0.3, 0.4) is 0 Å². The van der Waals surface area contributed by atoms with E-state index >= 15 is 0 Å². The average Bonchev–Trinajstić information content (AvgIpc) is 2.62. The van der Waals surface area contributed by atoms with Crippen LogP contribution < -0.4 is 5.73 Å². The van der Waals surface area contributed by atoms with Gasteiger partial charge >= 0.3 is 0 Å². The van der Waals surface area contributed by atoms with E-state index in [0.29, 0.717) is 11.1 Å². The highest BCUT2D eigenvalue weighted by atomic mass is 16.5. The smallest absolute Gasteiger partial charge is 0.251 e. The Morgan fingerprint density at radius 2 is 1.87 bits per heavy atom. The van der Waals surface area contributed by atoms with Crippen LogP contribution in [0.1, 0.15) is 10.4 Å². The van der Waals surface area contributed by atoms with Crippen molar-refractivity contribution in [2.24, 2.45) is 5.73 Å². The highest BCUT2D eigenvalue weighted by molar-refractivity contribution is 5.99. The van der Waals surface area contributed by atoms with E-state index in [1.807, 2.05) is 30.3 Å². The van der Waals surface area contributed by atoms with Gasteiger partial charge in [0, 0.05) is 5.56 Å². The van der Waals surface area contributed by atoms with Crippen molar-refractivity contribution in [2.45, 2.75) is 0 Å². The first-order chi connectivity index (χ1) is 7.18. The number of rotatable bonds is 2. The van der Waals surface area contributed by atoms with Crippen LogP contribution in [0.15, 0.2) is 42.7 Å². The molecule has 1 heterocycles. The second kappa shape index (κ2) is 3.49. The summed E-state index contributed by atoms with van der Waals surface area (Å²) in [4.78, 5) is 11.1. The van der Waals surface area contributed by atoms with Gasteiger partial charge in [0.2, 0.25) is 0 Å². The highest BCUT2D eigenvalue weighted by Gasteiger charge is 2.12. The number of nitrogens with zero attached hydrogens (tertiary/aromatic N) is 1. The molecule has 4 nitrogen and oxygen atoms in total. The van der Waals surface area contributed by atoms with Crippen molar-refractivity contribution >= 4 is 5.91 Å². The molecule has 0 radical (unpaired) electrons. The molecule has 0 fully saturated rings. The van der Waals surface area contributed by atoms with Crippen molar-refractivity contribution in [1.29, 1.82) is 0 Å². The molecule has 0 aliphatic heterocycles. The van der Waals surface area contributed by atoms with Crippen LogP contribution in [-0.2, 0) is 0 Å². The predicted octanol–water partition coefficient (Wildman–Crippen LogP) is 1.49. The van der Waals surface area contributed by atoms with Crippen molar-refractivity contribution in [1.82, 2.24) is 4.73 Å². The van der Waals surface area contributed by atoms with Gasteiger partial charge in [-0.1, -0.05) is 30.3 Å². The van der Waals surface area contributed by atoms with E-state index in [-0.39, 0.29) is 0 Å². The van der Waals surface area contributed by atoms with E-state index in [1.165, 1.54) is 12.4 Å². The van der Waals surface area contributed by atoms with Crippen molar-refractivity contribution in [3.8, 4) is 11.1 Å². The summed E-state index contributed by atoms with van der Waals surface area (Å²) in [6.07, 6.45) is 2.75. The molecule has 0 saturated heterocycles. The normalized spacial score (nSPS) is 10.1. The Morgan fingerprint density at radius 3 is 2.47 bits per heavy atom. The maximum absolute atomic E-state index is 11.1. The van der Waals surface area contributed by atoms with E-state index in [2.05, 4.69) is 0 Å². The summed E-state index contributed by atoms with van der Waals surface area (Å²) < 4.78 is 0.836. The minimum atomic E-state index is -0.554. The topological polar surface area (TPSA) is 68.2 Å². The Kier molecular flexibility index (Phi) is 2.17. The number of aromatic nitrogens is 1. The molecule has 15 heavy (non-hydrogen) atoms. The second-order valence-corrected chi connectivity index (χ2v) is 3.20. The molecule has 4 heteroatoms. The molecule has 0 atom stereocenters. The lowest BCUT2D eigenvalue weighted by atomic mass is 10.0. The third kappa shape index (κ3) is 1.69. The molecule has 1 aromatic carbocycles. The van der Waals surface area contributed by atoms with Crippen LogP contribution in [0.25, 0.3) is 11.1 Å². The zero-order valence-electron chi connectivity index (χ0n) is 7.92. The van der Waals surface area contributed by atoms with Crippen LogP contribution >= 0.6 is 0 Å². The minimum absolute atomic E-state index is 0.309. The van der Waals surface area contributed by atoms with Crippen LogP contribution in [0.5, 0.6) is 0 Å². The van der Waals surface area contributed by atoms with E-state index < -0.39 is 5.91 Å². The Hall–Kier alpha value is -2.23. The largest absolute Gasteiger partial charge is 0.429 e. The van der Waals surface area contributed by atoms with Gasteiger partial charge in [-0.2, -0.15) is 0 Å². The SMILES string of the molecule is NC(=O)c1cn(O)cc1-c1ccccc1. The van der Waals surface area contributed by atoms with Gasteiger partial charge in [-0.05, 0) is 5.56 Å². The summed E-state index contributed by atoms with van der Waals surface area (Å²) >= 11 is 0. The van der Waals surface area contributed by atoms with Crippen LogP contribution in [0.2, 0.25) is 0 Å². The minimum Gasteiger partial charge on any atom is -0.429 e. The quantitative estimate of drug-likeness (QED) is 0.724. The van der Waals surface area contributed by atoms with E-state index in [0.717, 1.165) is 10.3 Å². The average molecular weight is 202 g/mol. The molecular weight excluding hydrogens is 192 g/mol. The van der Waals surface area contributed by atoms with Crippen LogP contribution in [-0.4, -0.2) is 15.8 Å². The Morgan fingerprint density at radius 1 is 1.20 bits per heavy atom. The number of benzene rings is 1. The molecule has 1 amide bonds. The summed E-state index contributed by atoms with van der Waals surface area (Å²) in [6, 6.07) is 9.29. The highest BCUT2D eigenvalue weighted by Crippen LogP contribution is 2.23. The molecule has 0 aliphatic carbocycles. The standard InChI is InChI=1S/C11H10N2O2/c12-11(14)10-7-13(15)6-9(10)8-4-2-1-3-5-8/h1-7,15H,(H2,12,14). The maximum Gasteiger partial charge on any atom is 0.251 e.